The zero-order chi connectivity index (χ0) is 10.1. The van der Waals surface area contributed by atoms with Gasteiger partial charge in [-0.25, -0.2) is 0 Å². The maximum atomic E-state index is 8.74. The number of aliphatic hydroxyl groups is 1. The number of rotatable bonds is 7. The van der Waals surface area contributed by atoms with Gasteiger partial charge in [-0.3, -0.25) is 0 Å². The fourth-order valence-corrected chi connectivity index (χ4v) is 1.51. The minimum Gasteiger partial charge on any atom is -0.396 e. The Morgan fingerprint density at radius 2 is 2.15 bits per heavy atom. The highest BCUT2D eigenvalue weighted by Crippen LogP contribution is 2.14. The SMILES string of the molecule is CCCCC=C(C)CC(C)CCO. The predicted octanol–water partition coefficient (Wildman–Crippen LogP) is 3.53. The van der Waals surface area contributed by atoms with Crippen LogP contribution < -0.4 is 0 Å². The van der Waals surface area contributed by atoms with Crippen LogP contribution in [0.5, 0.6) is 0 Å². The molecule has 0 aliphatic rings. The molecule has 1 nitrogen and oxygen atoms in total. The van der Waals surface area contributed by atoms with E-state index in [2.05, 4.69) is 26.8 Å². The van der Waals surface area contributed by atoms with Crippen molar-refractivity contribution in [2.75, 3.05) is 6.61 Å². The third-order valence-corrected chi connectivity index (χ3v) is 2.34. The number of aliphatic hydroxyl groups excluding tert-OH is 1. The van der Waals surface area contributed by atoms with Gasteiger partial charge in [0.2, 0.25) is 0 Å². The molecule has 1 unspecified atom stereocenters. The van der Waals surface area contributed by atoms with Crippen molar-refractivity contribution in [3.05, 3.63) is 11.6 Å². The summed E-state index contributed by atoms with van der Waals surface area (Å²) in [6, 6.07) is 0. The van der Waals surface area contributed by atoms with E-state index in [1.54, 1.807) is 0 Å². The van der Waals surface area contributed by atoms with E-state index in [0.717, 1.165) is 12.8 Å². The Kier molecular flexibility index (Phi) is 8.11. The summed E-state index contributed by atoms with van der Waals surface area (Å²) in [5.41, 5.74) is 1.48. The molecule has 0 aliphatic heterocycles. The smallest absolute Gasteiger partial charge is 0.0433 e. The largest absolute Gasteiger partial charge is 0.396 e. The van der Waals surface area contributed by atoms with Crippen molar-refractivity contribution in [1.82, 2.24) is 0 Å². The normalized spacial score (nSPS) is 14.6. The van der Waals surface area contributed by atoms with Crippen LogP contribution in [0, 0.1) is 5.92 Å². The van der Waals surface area contributed by atoms with Crippen LogP contribution in [0.2, 0.25) is 0 Å². The molecule has 13 heavy (non-hydrogen) atoms. The summed E-state index contributed by atoms with van der Waals surface area (Å²) in [6.45, 7) is 6.94. The standard InChI is InChI=1S/C12H24O/c1-4-5-6-7-11(2)10-12(3)8-9-13/h7,12-13H,4-6,8-10H2,1-3H3. The lowest BCUT2D eigenvalue weighted by Crippen LogP contribution is -1.98. The van der Waals surface area contributed by atoms with Gasteiger partial charge in [0.05, 0.1) is 0 Å². The van der Waals surface area contributed by atoms with E-state index in [4.69, 9.17) is 5.11 Å². The van der Waals surface area contributed by atoms with Gasteiger partial charge in [-0.15, -0.1) is 0 Å². The van der Waals surface area contributed by atoms with E-state index in [1.165, 1.54) is 24.8 Å². The summed E-state index contributed by atoms with van der Waals surface area (Å²) in [5, 5.41) is 8.74. The van der Waals surface area contributed by atoms with Gasteiger partial charge in [-0.1, -0.05) is 38.3 Å². The highest BCUT2D eigenvalue weighted by atomic mass is 16.3. The fraction of sp³-hybridized carbons (Fsp3) is 0.833. The van der Waals surface area contributed by atoms with E-state index in [-0.39, 0.29) is 0 Å². The number of unbranched alkanes of at least 4 members (excludes halogenated alkanes) is 2. The summed E-state index contributed by atoms with van der Waals surface area (Å²) in [4.78, 5) is 0. The second-order valence-corrected chi connectivity index (χ2v) is 4.01. The van der Waals surface area contributed by atoms with Crippen LogP contribution in [0.15, 0.2) is 11.6 Å². The van der Waals surface area contributed by atoms with Gasteiger partial charge < -0.3 is 5.11 Å². The summed E-state index contributed by atoms with van der Waals surface area (Å²) >= 11 is 0. The average molecular weight is 184 g/mol. The first-order valence-corrected chi connectivity index (χ1v) is 5.47. The third kappa shape index (κ3) is 8.04. The molecule has 0 aromatic carbocycles. The zero-order valence-electron chi connectivity index (χ0n) is 9.34. The molecule has 0 rings (SSSR count). The summed E-state index contributed by atoms with van der Waals surface area (Å²) in [5.74, 6) is 0.628. The van der Waals surface area contributed by atoms with Crippen molar-refractivity contribution >= 4 is 0 Å². The topological polar surface area (TPSA) is 20.2 Å². The highest BCUT2D eigenvalue weighted by Gasteiger charge is 2.01. The third-order valence-electron chi connectivity index (χ3n) is 2.34. The lowest BCUT2D eigenvalue weighted by Gasteiger charge is -2.09. The van der Waals surface area contributed by atoms with Gasteiger partial charge >= 0.3 is 0 Å². The number of allylic oxidation sites excluding steroid dienone is 2. The van der Waals surface area contributed by atoms with Gasteiger partial charge in [-0.2, -0.15) is 0 Å². The predicted molar refractivity (Wildman–Crippen MR) is 58.8 cm³/mol. The zero-order valence-corrected chi connectivity index (χ0v) is 9.34. The van der Waals surface area contributed by atoms with Gasteiger partial charge in [0.1, 0.15) is 0 Å². The molecule has 0 amide bonds. The second-order valence-electron chi connectivity index (χ2n) is 4.01. The summed E-state index contributed by atoms with van der Waals surface area (Å²) < 4.78 is 0. The first kappa shape index (κ1) is 12.7. The van der Waals surface area contributed by atoms with E-state index in [0.29, 0.717) is 12.5 Å². The van der Waals surface area contributed by atoms with Crippen molar-refractivity contribution < 1.29 is 5.11 Å². The van der Waals surface area contributed by atoms with Crippen LogP contribution in [-0.4, -0.2) is 11.7 Å². The highest BCUT2D eigenvalue weighted by molar-refractivity contribution is 4.98. The lowest BCUT2D eigenvalue weighted by molar-refractivity contribution is 0.262. The molecule has 78 valence electrons. The van der Waals surface area contributed by atoms with E-state index in [9.17, 15) is 0 Å². The molecule has 0 radical (unpaired) electrons. The first-order valence-electron chi connectivity index (χ1n) is 5.47. The van der Waals surface area contributed by atoms with Crippen LogP contribution in [0.3, 0.4) is 0 Å². The quantitative estimate of drug-likeness (QED) is 0.474. The average Bonchev–Trinajstić information content (AvgIpc) is 2.05. The van der Waals surface area contributed by atoms with Crippen LogP contribution in [0.4, 0.5) is 0 Å². The number of hydrogen-bond acceptors (Lipinski definition) is 1. The second kappa shape index (κ2) is 8.31. The molecular weight excluding hydrogens is 160 g/mol. The Balaban J connectivity index is 3.58. The van der Waals surface area contributed by atoms with Crippen LogP contribution in [-0.2, 0) is 0 Å². The summed E-state index contributed by atoms with van der Waals surface area (Å²) in [7, 11) is 0. The van der Waals surface area contributed by atoms with Gasteiger partial charge in [-0.05, 0) is 32.1 Å². The van der Waals surface area contributed by atoms with Crippen molar-refractivity contribution in [3.8, 4) is 0 Å². The lowest BCUT2D eigenvalue weighted by atomic mass is 9.98. The minimum atomic E-state index is 0.323. The Morgan fingerprint density at radius 3 is 2.69 bits per heavy atom. The van der Waals surface area contributed by atoms with Gasteiger partial charge in [0.25, 0.3) is 0 Å². The van der Waals surface area contributed by atoms with Crippen molar-refractivity contribution in [3.63, 3.8) is 0 Å². The molecule has 0 aromatic heterocycles. The van der Waals surface area contributed by atoms with Crippen molar-refractivity contribution in [2.24, 2.45) is 5.92 Å². The van der Waals surface area contributed by atoms with Crippen molar-refractivity contribution in [2.45, 2.75) is 52.9 Å². The Hall–Kier alpha value is -0.300. The molecular formula is C12H24O. The number of hydrogen-bond donors (Lipinski definition) is 1. The van der Waals surface area contributed by atoms with E-state index >= 15 is 0 Å². The molecule has 0 aromatic rings. The molecule has 0 fully saturated rings. The van der Waals surface area contributed by atoms with Gasteiger partial charge in [0.15, 0.2) is 0 Å². The Morgan fingerprint density at radius 1 is 1.46 bits per heavy atom. The van der Waals surface area contributed by atoms with Crippen LogP contribution in [0.25, 0.3) is 0 Å². The molecule has 1 N–H and O–H groups in total. The van der Waals surface area contributed by atoms with E-state index in [1.807, 2.05) is 0 Å². The monoisotopic (exact) mass is 184 g/mol. The molecule has 0 aliphatic carbocycles. The molecule has 0 spiro atoms. The van der Waals surface area contributed by atoms with Crippen LogP contribution >= 0.6 is 0 Å². The van der Waals surface area contributed by atoms with Gasteiger partial charge in [0, 0.05) is 6.61 Å². The van der Waals surface area contributed by atoms with E-state index < -0.39 is 0 Å². The fourth-order valence-electron chi connectivity index (χ4n) is 1.51. The minimum absolute atomic E-state index is 0.323. The maximum Gasteiger partial charge on any atom is 0.0433 e. The molecule has 1 atom stereocenters. The first-order chi connectivity index (χ1) is 6.20. The maximum absolute atomic E-state index is 8.74. The molecule has 0 saturated carbocycles. The Labute approximate surface area is 82.9 Å². The molecule has 1 heteroatoms. The Bertz CT molecular complexity index is 138. The molecule has 0 heterocycles. The van der Waals surface area contributed by atoms with Crippen LogP contribution in [0.1, 0.15) is 52.9 Å². The summed E-state index contributed by atoms with van der Waals surface area (Å²) in [6.07, 6.45) is 8.20. The van der Waals surface area contributed by atoms with Crippen molar-refractivity contribution in [1.29, 1.82) is 0 Å². The molecule has 0 saturated heterocycles. The molecule has 0 bridgehead atoms.